The minimum atomic E-state index is -1.01. The van der Waals surface area contributed by atoms with Crippen molar-refractivity contribution in [2.75, 3.05) is 18.5 Å². The molecule has 7 N–H and O–H groups in total. The topological polar surface area (TPSA) is 142 Å². The lowest BCUT2D eigenvalue weighted by Gasteiger charge is -2.17. The average molecular weight is 399 g/mol. The van der Waals surface area contributed by atoms with E-state index in [1.165, 1.54) is 0 Å². The van der Waals surface area contributed by atoms with Crippen LogP contribution < -0.4 is 21.7 Å². The lowest BCUT2D eigenvalue weighted by Crippen LogP contribution is -2.34. The van der Waals surface area contributed by atoms with Crippen LogP contribution in [-0.2, 0) is 16.0 Å². The Bertz CT molecular complexity index is 681. The van der Waals surface area contributed by atoms with E-state index >= 15 is 0 Å². The predicted octanol–water partition coefficient (Wildman–Crippen LogP) is 0.124. The van der Waals surface area contributed by atoms with Crippen LogP contribution in [0.2, 0.25) is 0 Å². The molecule has 2 atom stereocenters. The zero-order chi connectivity index (χ0) is 19.9. The third-order valence-corrected chi connectivity index (χ3v) is 4.43. The highest BCUT2D eigenvalue weighted by atomic mass is 32.1. The number of aliphatic carboxylic acids is 2. The minimum absolute atomic E-state index is 0.278. The Kier molecular flexibility index (Phi) is 8.52. The molecule has 1 aliphatic rings. The second-order valence-corrected chi connectivity index (χ2v) is 6.60. The number of hydrogen-bond acceptors (Lipinski definition) is 6. The molecular weight excluding hydrogens is 376 g/mol. The monoisotopic (exact) mass is 398 g/mol. The Morgan fingerprint density at radius 1 is 1.35 bits per heavy atom. The fourth-order valence-corrected chi connectivity index (χ4v) is 2.54. The number of rotatable bonds is 5. The number of carboxylic acids is 2. The van der Waals surface area contributed by atoms with Crippen molar-refractivity contribution in [3.63, 3.8) is 0 Å². The lowest BCUT2D eigenvalue weighted by molar-refractivity contribution is -0.139. The fourth-order valence-electron chi connectivity index (χ4n) is 2.15. The summed E-state index contributed by atoms with van der Waals surface area (Å²) in [6.07, 6.45) is 1.01. The van der Waals surface area contributed by atoms with Crippen molar-refractivity contribution in [1.29, 1.82) is 0 Å². The SMILES string of the molecule is CN(C(N)=S)c1ccc(C[C@H](N)C(=O)O)cc1.O=C(O)[C@H]1NCCC1=S. The molecule has 0 aliphatic carbocycles. The van der Waals surface area contributed by atoms with Gasteiger partial charge in [0.05, 0.1) is 0 Å². The largest absolute Gasteiger partial charge is 0.480 e. The number of hydrogen-bond donors (Lipinski definition) is 5. The van der Waals surface area contributed by atoms with Crippen LogP contribution in [0.25, 0.3) is 0 Å². The predicted molar refractivity (Wildman–Crippen MR) is 108 cm³/mol. The van der Waals surface area contributed by atoms with Crippen molar-refractivity contribution in [3.8, 4) is 0 Å². The van der Waals surface area contributed by atoms with Gasteiger partial charge in [0.15, 0.2) is 5.11 Å². The molecular formula is C16H22N4O4S2. The van der Waals surface area contributed by atoms with Crippen molar-refractivity contribution in [3.05, 3.63) is 29.8 Å². The number of nitrogens with two attached hydrogens (primary N) is 2. The van der Waals surface area contributed by atoms with Crippen molar-refractivity contribution in [2.45, 2.75) is 24.9 Å². The van der Waals surface area contributed by atoms with Crippen LogP contribution in [0.5, 0.6) is 0 Å². The summed E-state index contributed by atoms with van der Waals surface area (Å²) < 4.78 is 0. The summed E-state index contributed by atoms with van der Waals surface area (Å²) in [4.78, 5) is 23.1. The standard InChI is InChI=1S/C11H15N3O2S.C5H7NO2S/c1-14(11(13)17)8-4-2-7(3-5-8)6-9(12)10(15)16;7-5(8)4-3(9)1-2-6-4/h2-5,9H,6,12H2,1H3,(H2,13,17)(H,15,16);4,6H,1-2H2,(H,7,8)/t9-;4-/m00/s1. The van der Waals surface area contributed by atoms with Crippen LogP contribution in [0.4, 0.5) is 5.69 Å². The highest BCUT2D eigenvalue weighted by molar-refractivity contribution is 7.80. The van der Waals surface area contributed by atoms with Gasteiger partial charge in [-0.3, -0.25) is 14.9 Å². The van der Waals surface area contributed by atoms with Crippen LogP contribution >= 0.6 is 24.4 Å². The molecule has 2 rings (SSSR count). The van der Waals surface area contributed by atoms with Crippen molar-refractivity contribution < 1.29 is 19.8 Å². The minimum Gasteiger partial charge on any atom is -0.480 e. The smallest absolute Gasteiger partial charge is 0.325 e. The van der Waals surface area contributed by atoms with Gasteiger partial charge in [0.25, 0.3) is 0 Å². The summed E-state index contributed by atoms with van der Waals surface area (Å²) in [7, 11) is 1.76. The fraction of sp³-hybridized carbons (Fsp3) is 0.375. The highest BCUT2D eigenvalue weighted by Gasteiger charge is 2.26. The number of benzene rings is 1. The van der Waals surface area contributed by atoms with E-state index in [9.17, 15) is 9.59 Å². The van der Waals surface area contributed by atoms with E-state index in [0.29, 0.717) is 24.3 Å². The summed E-state index contributed by atoms with van der Waals surface area (Å²) in [5.74, 6) is -1.87. The van der Waals surface area contributed by atoms with Gasteiger partial charge in [-0.15, -0.1) is 0 Å². The van der Waals surface area contributed by atoms with Crippen molar-refractivity contribution >= 4 is 52.0 Å². The summed E-state index contributed by atoms with van der Waals surface area (Å²) in [5, 5.41) is 20.2. The van der Waals surface area contributed by atoms with Gasteiger partial charge in [-0.25, -0.2) is 0 Å². The number of anilines is 1. The Balaban J connectivity index is 0.000000314. The summed E-state index contributed by atoms with van der Waals surface area (Å²) >= 11 is 9.62. The Morgan fingerprint density at radius 3 is 2.27 bits per heavy atom. The van der Waals surface area contributed by atoms with Crippen LogP contribution in [-0.4, -0.2) is 57.8 Å². The molecule has 1 aromatic rings. The van der Waals surface area contributed by atoms with Gasteiger partial charge in [0.2, 0.25) is 0 Å². The zero-order valence-corrected chi connectivity index (χ0v) is 15.8. The summed E-state index contributed by atoms with van der Waals surface area (Å²) in [5.41, 5.74) is 12.6. The number of nitrogens with zero attached hydrogens (tertiary/aromatic N) is 1. The Hall–Kier alpha value is -2.14. The molecule has 142 valence electrons. The molecule has 1 heterocycles. The van der Waals surface area contributed by atoms with Gasteiger partial charge < -0.3 is 26.6 Å². The first kappa shape index (κ1) is 21.9. The number of nitrogens with one attached hydrogen (secondary N) is 1. The molecule has 10 heteroatoms. The van der Waals surface area contributed by atoms with Gasteiger partial charge in [-0.05, 0) is 42.8 Å². The van der Waals surface area contributed by atoms with E-state index in [0.717, 1.165) is 11.3 Å². The first-order chi connectivity index (χ1) is 12.1. The van der Waals surface area contributed by atoms with Gasteiger partial charge in [0, 0.05) is 24.1 Å². The van der Waals surface area contributed by atoms with E-state index < -0.39 is 24.0 Å². The second-order valence-electron chi connectivity index (χ2n) is 5.65. The molecule has 1 aromatic carbocycles. The molecule has 0 saturated carbocycles. The van der Waals surface area contributed by atoms with Gasteiger partial charge in [-0.1, -0.05) is 24.4 Å². The lowest BCUT2D eigenvalue weighted by atomic mass is 10.1. The van der Waals surface area contributed by atoms with E-state index in [2.05, 4.69) is 5.32 Å². The molecule has 1 saturated heterocycles. The maximum absolute atomic E-state index is 10.6. The van der Waals surface area contributed by atoms with Crippen LogP contribution in [0, 0.1) is 0 Å². The number of carboxylic acid groups (broad SMARTS) is 2. The average Bonchev–Trinajstić information content (AvgIpc) is 3.01. The van der Waals surface area contributed by atoms with E-state index in [1.807, 2.05) is 24.3 Å². The molecule has 1 aliphatic heterocycles. The molecule has 8 nitrogen and oxygen atoms in total. The normalized spacial score (nSPS) is 17.0. The first-order valence-electron chi connectivity index (χ1n) is 7.73. The molecule has 0 spiro atoms. The molecule has 0 amide bonds. The van der Waals surface area contributed by atoms with Crippen molar-refractivity contribution in [1.82, 2.24) is 5.32 Å². The molecule has 1 fully saturated rings. The summed E-state index contributed by atoms with van der Waals surface area (Å²) in [6, 6.07) is 5.82. The van der Waals surface area contributed by atoms with Gasteiger partial charge in [0.1, 0.15) is 12.1 Å². The van der Waals surface area contributed by atoms with Gasteiger partial charge >= 0.3 is 11.9 Å². The van der Waals surface area contributed by atoms with Gasteiger partial charge in [-0.2, -0.15) is 0 Å². The van der Waals surface area contributed by atoms with E-state index in [1.54, 1.807) is 11.9 Å². The van der Waals surface area contributed by atoms with E-state index in [4.69, 9.17) is 46.1 Å². The van der Waals surface area contributed by atoms with Crippen LogP contribution in [0.15, 0.2) is 24.3 Å². The molecule has 26 heavy (non-hydrogen) atoms. The van der Waals surface area contributed by atoms with Crippen LogP contribution in [0.1, 0.15) is 12.0 Å². The Labute approximate surface area is 162 Å². The zero-order valence-electron chi connectivity index (χ0n) is 14.2. The van der Waals surface area contributed by atoms with Crippen LogP contribution in [0.3, 0.4) is 0 Å². The Morgan fingerprint density at radius 2 is 1.92 bits per heavy atom. The highest BCUT2D eigenvalue weighted by Crippen LogP contribution is 2.14. The number of thiocarbonyl (C=S) groups is 2. The third kappa shape index (κ3) is 6.64. The molecule has 0 unspecified atom stereocenters. The first-order valence-corrected chi connectivity index (χ1v) is 8.54. The molecule has 0 bridgehead atoms. The molecule has 0 aromatic heterocycles. The van der Waals surface area contributed by atoms with E-state index in [-0.39, 0.29) is 5.11 Å². The number of carbonyl (C=O) groups is 2. The maximum Gasteiger partial charge on any atom is 0.325 e. The summed E-state index contributed by atoms with van der Waals surface area (Å²) in [6.45, 7) is 0.704. The quantitative estimate of drug-likeness (QED) is 0.434. The third-order valence-electron chi connectivity index (χ3n) is 3.72. The maximum atomic E-state index is 10.6. The van der Waals surface area contributed by atoms with Crippen molar-refractivity contribution in [2.24, 2.45) is 11.5 Å². The molecule has 0 radical (unpaired) electrons. The second kappa shape index (κ2) is 10.1.